The third-order valence-corrected chi connectivity index (χ3v) is 5.86. The van der Waals surface area contributed by atoms with Crippen molar-refractivity contribution in [2.45, 2.75) is 40.3 Å². The summed E-state index contributed by atoms with van der Waals surface area (Å²) in [7, 11) is 0. The van der Waals surface area contributed by atoms with E-state index in [0.717, 1.165) is 5.56 Å². The maximum absolute atomic E-state index is 13.4. The number of hydrogen-bond donors (Lipinski definition) is 1. The van der Waals surface area contributed by atoms with Crippen LogP contribution in [-0.4, -0.2) is 28.3 Å². The number of furan rings is 1. The highest BCUT2D eigenvalue weighted by molar-refractivity contribution is 6.46. The normalized spacial score (nSPS) is 17.4. The van der Waals surface area contributed by atoms with E-state index >= 15 is 0 Å². The summed E-state index contributed by atoms with van der Waals surface area (Å²) >= 11 is 0. The number of ketones is 1. The number of aliphatic hydroxyl groups is 1. The maximum atomic E-state index is 13.4. The second-order valence-electron chi connectivity index (χ2n) is 9.19. The smallest absolute Gasteiger partial charge is 0.296 e. The molecule has 1 amide bonds. The molecule has 1 aliphatic heterocycles. The zero-order chi connectivity index (χ0) is 25.3. The second kappa shape index (κ2) is 9.78. The molecule has 1 fully saturated rings. The first-order valence-corrected chi connectivity index (χ1v) is 11.5. The Balaban J connectivity index is 1.76. The van der Waals surface area contributed by atoms with Crippen LogP contribution < -0.4 is 4.74 Å². The van der Waals surface area contributed by atoms with E-state index in [1.54, 1.807) is 49.4 Å². The third kappa shape index (κ3) is 4.99. The molecule has 6 nitrogen and oxygen atoms in total. The van der Waals surface area contributed by atoms with Gasteiger partial charge < -0.3 is 19.2 Å². The van der Waals surface area contributed by atoms with Gasteiger partial charge in [-0.1, -0.05) is 26.0 Å². The van der Waals surface area contributed by atoms with Crippen molar-refractivity contribution in [3.63, 3.8) is 0 Å². The number of Topliss-reactive ketones (excluding diaryl/α,β-unsaturated/α-hetero) is 1. The van der Waals surface area contributed by atoms with Gasteiger partial charge in [0.1, 0.15) is 34.9 Å². The Morgan fingerprint density at radius 2 is 1.80 bits per heavy atom. The van der Waals surface area contributed by atoms with E-state index in [2.05, 4.69) is 13.8 Å². The fourth-order valence-corrected chi connectivity index (χ4v) is 4.10. The Bertz CT molecular complexity index is 1290. The molecule has 0 aliphatic carbocycles. The first-order valence-electron chi connectivity index (χ1n) is 11.5. The van der Waals surface area contributed by atoms with Crippen LogP contribution in [0.5, 0.6) is 5.75 Å². The average molecular weight is 478 g/mol. The van der Waals surface area contributed by atoms with Crippen LogP contribution in [0, 0.1) is 25.6 Å². The van der Waals surface area contributed by atoms with Crippen molar-refractivity contribution in [2.75, 3.05) is 6.61 Å². The largest absolute Gasteiger partial charge is 0.507 e. The lowest BCUT2D eigenvalue weighted by atomic mass is 9.98. The average Bonchev–Trinajstić information content (AvgIpc) is 3.35. The Labute approximate surface area is 203 Å². The summed E-state index contributed by atoms with van der Waals surface area (Å²) in [6.45, 7) is 8.32. The SMILES string of the molecule is Cc1ccc(C2/C(=C(/O)c3ccc(OCC(C)C)c(C)c3)C(=O)C(=O)N2Cc2ccc(F)cc2)o1. The topological polar surface area (TPSA) is 80.0 Å². The Morgan fingerprint density at radius 3 is 2.40 bits per heavy atom. The molecule has 0 bridgehead atoms. The molecule has 1 aromatic heterocycles. The van der Waals surface area contributed by atoms with Gasteiger partial charge >= 0.3 is 0 Å². The van der Waals surface area contributed by atoms with E-state index in [4.69, 9.17) is 9.15 Å². The molecule has 0 saturated carbocycles. The van der Waals surface area contributed by atoms with Gasteiger partial charge in [0.25, 0.3) is 11.7 Å². The molecule has 0 radical (unpaired) electrons. The van der Waals surface area contributed by atoms with Crippen LogP contribution in [0.4, 0.5) is 4.39 Å². The predicted molar refractivity (Wildman–Crippen MR) is 129 cm³/mol. The Kier molecular flexibility index (Phi) is 6.78. The number of hydrogen-bond acceptors (Lipinski definition) is 5. The Morgan fingerprint density at radius 1 is 1.09 bits per heavy atom. The molecule has 2 aromatic carbocycles. The van der Waals surface area contributed by atoms with Crippen molar-refractivity contribution < 1.29 is 28.2 Å². The van der Waals surface area contributed by atoms with Crippen LogP contribution in [-0.2, 0) is 16.1 Å². The number of rotatable bonds is 7. The summed E-state index contributed by atoms with van der Waals surface area (Å²) in [6.07, 6.45) is 0. The summed E-state index contributed by atoms with van der Waals surface area (Å²) in [4.78, 5) is 27.6. The maximum Gasteiger partial charge on any atom is 0.296 e. The molecule has 1 atom stereocenters. The van der Waals surface area contributed by atoms with Gasteiger partial charge in [-0.2, -0.15) is 0 Å². The highest BCUT2D eigenvalue weighted by Gasteiger charge is 2.47. The molecule has 1 saturated heterocycles. The van der Waals surface area contributed by atoms with Crippen molar-refractivity contribution in [3.05, 3.63) is 94.2 Å². The number of amides is 1. The van der Waals surface area contributed by atoms with Gasteiger partial charge in [-0.05, 0) is 73.4 Å². The van der Waals surface area contributed by atoms with Crippen LogP contribution >= 0.6 is 0 Å². The van der Waals surface area contributed by atoms with E-state index in [1.807, 2.05) is 6.92 Å². The van der Waals surface area contributed by atoms with Gasteiger partial charge in [-0.25, -0.2) is 4.39 Å². The lowest BCUT2D eigenvalue weighted by Crippen LogP contribution is -2.29. The first-order chi connectivity index (χ1) is 16.7. The number of ether oxygens (including phenoxy) is 1. The summed E-state index contributed by atoms with van der Waals surface area (Å²) < 4.78 is 25.0. The first kappa shape index (κ1) is 24.3. The third-order valence-electron chi connectivity index (χ3n) is 5.86. The van der Waals surface area contributed by atoms with E-state index in [-0.39, 0.29) is 17.9 Å². The molecule has 2 heterocycles. The van der Waals surface area contributed by atoms with Crippen LogP contribution in [0.2, 0.25) is 0 Å². The minimum absolute atomic E-state index is 0.0487. The number of benzene rings is 2. The highest BCUT2D eigenvalue weighted by Crippen LogP contribution is 2.41. The number of halogens is 1. The van der Waals surface area contributed by atoms with E-state index in [0.29, 0.717) is 40.9 Å². The van der Waals surface area contributed by atoms with Crippen LogP contribution in [0.15, 0.2) is 64.6 Å². The predicted octanol–water partition coefficient (Wildman–Crippen LogP) is 5.69. The molecular formula is C28H28FNO5. The molecule has 1 aliphatic rings. The minimum atomic E-state index is -0.925. The van der Waals surface area contributed by atoms with Crippen molar-refractivity contribution in [1.29, 1.82) is 0 Å². The second-order valence-corrected chi connectivity index (χ2v) is 9.19. The molecule has 1 unspecified atom stereocenters. The van der Waals surface area contributed by atoms with Gasteiger partial charge in [0.05, 0.1) is 12.2 Å². The summed E-state index contributed by atoms with van der Waals surface area (Å²) in [5, 5.41) is 11.2. The summed E-state index contributed by atoms with van der Waals surface area (Å²) in [5.41, 5.74) is 1.78. The van der Waals surface area contributed by atoms with Crippen molar-refractivity contribution >= 4 is 17.4 Å². The van der Waals surface area contributed by atoms with Gasteiger partial charge in [-0.15, -0.1) is 0 Å². The monoisotopic (exact) mass is 477 g/mol. The fourth-order valence-electron chi connectivity index (χ4n) is 4.10. The zero-order valence-corrected chi connectivity index (χ0v) is 20.2. The van der Waals surface area contributed by atoms with Crippen LogP contribution in [0.1, 0.15) is 48.1 Å². The Hall–Kier alpha value is -3.87. The van der Waals surface area contributed by atoms with E-state index < -0.39 is 23.5 Å². The summed E-state index contributed by atoms with van der Waals surface area (Å²) in [6, 6.07) is 13.3. The van der Waals surface area contributed by atoms with Gasteiger partial charge in [0.15, 0.2) is 0 Å². The van der Waals surface area contributed by atoms with Crippen molar-refractivity contribution in [2.24, 2.45) is 5.92 Å². The zero-order valence-electron chi connectivity index (χ0n) is 20.2. The van der Waals surface area contributed by atoms with E-state index in [9.17, 15) is 19.1 Å². The van der Waals surface area contributed by atoms with Gasteiger partial charge in [-0.3, -0.25) is 9.59 Å². The number of likely N-dealkylation sites (tertiary alicyclic amines) is 1. The lowest BCUT2D eigenvalue weighted by molar-refractivity contribution is -0.140. The summed E-state index contributed by atoms with van der Waals surface area (Å²) in [5.74, 6) is -0.243. The number of aliphatic hydroxyl groups excluding tert-OH is 1. The molecule has 3 aromatic rings. The van der Waals surface area contributed by atoms with Crippen molar-refractivity contribution in [3.8, 4) is 5.75 Å². The van der Waals surface area contributed by atoms with Crippen molar-refractivity contribution in [1.82, 2.24) is 4.90 Å². The number of aryl methyl sites for hydroxylation is 2. The highest BCUT2D eigenvalue weighted by atomic mass is 19.1. The number of carbonyl (C=O) groups excluding carboxylic acids is 2. The van der Waals surface area contributed by atoms with Crippen LogP contribution in [0.25, 0.3) is 5.76 Å². The molecule has 182 valence electrons. The quantitative estimate of drug-likeness (QED) is 0.269. The molecule has 1 N–H and O–H groups in total. The van der Waals surface area contributed by atoms with Gasteiger partial charge in [0, 0.05) is 12.1 Å². The van der Waals surface area contributed by atoms with Crippen LogP contribution in [0.3, 0.4) is 0 Å². The molecule has 0 spiro atoms. The molecule has 4 rings (SSSR count). The standard InChI is InChI=1S/C28H28FNO5/c1-16(2)15-34-22-12-8-20(13-17(22)3)26(31)24-25(23-11-5-18(4)35-23)30(28(33)27(24)32)14-19-6-9-21(29)10-7-19/h5-13,16,25,31H,14-15H2,1-4H3/b26-24-. The van der Waals surface area contributed by atoms with Gasteiger partial charge in [0.2, 0.25) is 0 Å². The molecule has 7 heteroatoms. The number of nitrogens with zero attached hydrogens (tertiary/aromatic N) is 1. The minimum Gasteiger partial charge on any atom is -0.507 e. The number of carbonyl (C=O) groups is 2. The molecular weight excluding hydrogens is 449 g/mol. The van der Waals surface area contributed by atoms with E-state index in [1.165, 1.54) is 17.0 Å². The fraction of sp³-hybridized carbons (Fsp3) is 0.286. The lowest BCUT2D eigenvalue weighted by Gasteiger charge is -2.23. The molecule has 35 heavy (non-hydrogen) atoms.